The first-order valence-electron chi connectivity index (χ1n) is 12.2. The predicted octanol–water partition coefficient (Wildman–Crippen LogP) is 4.39. The normalized spacial score (nSPS) is 15.8. The Morgan fingerprint density at radius 3 is 2.49 bits per heavy atom. The summed E-state index contributed by atoms with van der Waals surface area (Å²) in [5.74, 6) is -0.967. The molecule has 1 saturated heterocycles. The molecule has 0 saturated carbocycles. The zero-order valence-electron chi connectivity index (χ0n) is 20.1. The van der Waals surface area contributed by atoms with E-state index in [2.05, 4.69) is 27.0 Å². The maximum Gasteiger partial charge on any atom is 0.335 e. The number of aromatic carboxylic acids is 1. The molecule has 1 fully saturated rings. The lowest BCUT2D eigenvalue weighted by Crippen LogP contribution is -2.29. The van der Waals surface area contributed by atoms with Crippen molar-refractivity contribution in [3.8, 4) is 16.8 Å². The Bertz CT molecular complexity index is 1640. The molecule has 6 rings (SSSR count). The van der Waals surface area contributed by atoms with Gasteiger partial charge in [0.15, 0.2) is 5.65 Å². The van der Waals surface area contributed by atoms with Gasteiger partial charge in [0.2, 0.25) is 0 Å². The van der Waals surface area contributed by atoms with Crippen molar-refractivity contribution in [1.29, 1.82) is 0 Å². The first-order valence-corrected chi connectivity index (χ1v) is 12.2. The number of hydrogen-bond acceptors (Lipinski definition) is 5. The molecule has 8 heteroatoms. The third kappa shape index (κ3) is 4.32. The minimum absolute atomic E-state index is 0.0441. The van der Waals surface area contributed by atoms with Crippen LogP contribution in [0.1, 0.15) is 28.5 Å². The van der Waals surface area contributed by atoms with Crippen LogP contribution in [0.3, 0.4) is 0 Å². The molecule has 5 aromatic rings. The van der Waals surface area contributed by atoms with Crippen LogP contribution in [0.15, 0.2) is 96.1 Å². The number of hydrogen-bond donors (Lipinski definition) is 1. The molecule has 0 amide bonds. The van der Waals surface area contributed by atoms with Gasteiger partial charge < -0.3 is 5.11 Å². The molecule has 1 aliphatic rings. The highest BCUT2D eigenvalue weighted by Crippen LogP contribution is 2.27. The van der Waals surface area contributed by atoms with E-state index in [0.29, 0.717) is 24.4 Å². The molecule has 1 N–H and O–H groups in total. The summed E-state index contributed by atoms with van der Waals surface area (Å²) in [4.78, 5) is 36.2. The van der Waals surface area contributed by atoms with Crippen LogP contribution < -0.4 is 5.69 Å². The summed E-state index contributed by atoms with van der Waals surface area (Å²) in [6.45, 7) is 1.96. The van der Waals surface area contributed by atoms with Gasteiger partial charge in [-0.1, -0.05) is 42.5 Å². The Balaban J connectivity index is 1.31. The molecule has 4 heterocycles. The second-order valence-corrected chi connectivity index (χ2v) is 9.27. The topological polar surface area (TPSA) is 93.3 Å². The third-order valence-corrected chi connectivity index (χ3v) is 6.93. The van der Waals surface area contributed by atoms with Crippen molar-refractivity contribution in [3.05, 3.63) is 113 Å². The number of nitrogens with zero attached hydrogens (tertiary/aromatic N) is 5. The number of aromatic nitrogens is 4. The number of pyridine rings is 2. The molecule has 0 radical (unpaired) electrons. The van der Waals surface area contributed by atoms with E-state index in [1.807, 2.05) is 59.2 Å². The molecular weight excluding hydrogens is 466 g/mol. The van der Waals surface area contributed by atoms with Gasteiger partial charge in [-0.25, -0.2) is 14.6 Å². The minimum Gasteiger partial charge on any atom is -0.478 e. The lowest BCUT2D eigenvalue weighted by Gasteiger charge is -2.16. The number of carboxylic acid groups (broad SMARTS) is 1. The zero-order chi connectivity index (χ0) is 25.4. The van der Waals surface area contributed by atoms with Crippen molar-refractivity contribution >= 4 is 17.1 Å². The first-order chi connectivity index (χ1) is 18.1. The molecule has 0 unspecified atom stereocenters. The summed E-state index contributed by atoms with van der Waals surface area (Å²) >= 11 is 0. The number of imidazole rings is 1. The van der Waals surface area contributed by atoms with Crippen LogP contribution in [0.4, 0.5) is 0 Å². The zero-order valence-corrected chi connectivity index (χ0v) is 20.1. The van der Waals surface area contributed by atoms with Crippen molar-refractivity contribution in [2.24, 2.45) is 0 Å². The Labute approximate surface area is 213 Å². The largest absolute Gasteiger partial charge is 0.478 e. The minimum atomic E-state index is -0.967. The summed E-state index contributed by atoms with van der Waals surface area (Å²) in [5, 5.41) is 9.27. The third-order valence-electron chi connectivity index (χ3n) is 6.93. The lowest BCUT2D eigenvalue weighted by atomic mass is 10.1. The number of fused-ring (bicyclic) bond motifs is 1. The number of likely N-dealkylation sites (tertiary alicyclic amines) is 1. The summed E-state index contributed by atoms with van der Waals surface area (Å²) < 4.78 is 3.54. The smallest absolute Gasteiger partial charge is 0.335 e. The van der Waals surface area contributed by atoms with E-state index in [-0.39, 0.29) is 17.3 Å². The van der Waals surface area contributed by atoms with Gasteiger partial charge in [-0.15, -0.1) is 0 Å². The Morgan fingerprint density at radius 2 is 1.70 bits per heavy atom. The van der Waals surface area contributed by atoms with Gasteiger partial charge in [0, 0.05) is 32.0 Å². The van der Waals surface area contributed by atoms with Crippen molar-refractivity contribution < 1.29 is 9.90 Å². The number of carboxylic acids is 1. The first kappa shape index (κ1) is 22.9. The van der Waals surface area contributed by atoms with Gasteiger partial charge in [0.1, 0.15) is 0 Å². The molecule has 8 nitrogen and oxygen atoms in total. The number of rotatable bonds is 6. The van der Waals surface area contributed by atoms with E-state index >= 15 is 0 Å². The fourth-order valence-corrected chi connectivity index (χ4v) is 5.16. The predicted molar refractivity (Wildman–Crippen MR) is 141 cm³/mol. The molecule has 37 heavy (non-hydrogen) atoms. The highest BCUT2D eigenvalue weighted by molar-refractivity contribution is 5.87. The highest BCUT2D eigenvalue weighted by Gasteiger charge is 2.29. The second-order valence-electron chi connectivity index (χ2n) is 9.27. The highest BCUT2D eigenvalue weighted by atomic mass is 16.4. The summed E-state index contributed by atoms with van der Waals surface area (Å²) in [5.41, 5.74) is 5.26. The molecular formula is C29H25N5O3. The number of carbonyl (C=O) groups is 1. The van der Waals surface area contributed by atoms with E-state index in [1.54, 1.807) is 16.8 Å². The molecule has 1 aliphatic heterocycles. The average Bonchev–Trinajstić information content (AvgIpc) is 3.50. The molecule has 1 atom stereocenters. The molecule has 3 aromatic heterocycles. The monoisotopic (exact) mass is 491 g/mol. The van der Waals surface area contributed by atoms with Gasteiger partial charge in [-0.05, 0) is 53.9 Å². The van der Waals surface area contributed by atoms with Crippen molar-refractivity contribution in [2.75, 3.05) is 13.1 Å². The molecule has 2 aromatic carbocycles. The Hall–Kier alpha value is -4.56. The summed E-state index contributed by atoms with van der Waals surface area (Å²) in [6, 6.07) is 25.0. The molecule has 0 spiro atoms. The van der Waals surface area contributed by atoms with Gasteiger partial charge in [0.25, 0.3) is 0 Å². The van der Waals surface area contributed by atoms with Crippen LogP contribution in [0.2, 0.25) is 0 Å². The Morgan fingerprint density at radius 1 is 0.919 bits per heavy atom. The quantitative estimate of drug-likeness (QED) is 0.379. The van der Waals surface area contributed by atoms with E-state index in [9.17, 15) is 14.7 Å². The van der Waals surface area contributed by atoms with Gasteiger partial charge in [-0.3, -0.25) is 19.0 Å². The van der Waals surface area contributed by atoms with Crippen molar-refractivity contribution in [2.45, 2.75) is 19.0 Å². The lowest BCUT2D eigenvalue weighted by molar-refractivity contribution is 0.0696. The summed E-state index contributed by atoms with van der Waals surface area (Å²) in [6.07, 6.45) is 4.04. The number of benzene rings is 2. The van der Waals surface area contributed by atoms with Crippen molar-refractivity contribution in [1.82, 2.24) is 24.0 Å². The SMILES string of the molecule is O=C(O)c1ccnc(CN2CC[C@H](n3c(=O)n(-c4ccc(-c5ccccc5)cc4)c4cccnc43)C2)c1. The Kier molecular flexibility index (Phi) is 5.86. The second kappa shape index (κ2) is 9.48. The van der Waals surface area contributed by atoms with Crippen LogP contribution in [-0.2, 0) is 6.54 Å². The molecule has 184 valence electrons. The van der Waals surface area contributed by atoms with Crippen LogP contribution in [-0.4, -0.2) is 48.2 Å². The fraction of sp³-hybridized carbons (Fsp3) is 0.172. The summed E-state index contributed by atoms with van der Waals surface area (Å²) in [7, 11) is 0. The van der Waals surface area contributed by atoms with Crippen LogP contribution in [0, 0.1) is 0 Å². The van der Waals surface area contributed by atoms with E-state index in [0.717, 1.165) is 35.3 Å². The van der Waals surface area contributed by atoms with E-state index in [1.165, 1.54) is 12.3 Å². The van der Waals surface area contributed by atoms with Crippen LogP contribution >= 0.6 is 0 Å². The van der Waals surface area contributed by atoms with E-state index in [4.69, 9.17) is 0 Å². The van der Waals surface area contributed by atoms with Gasteiger partial charge in [-0.2, -0.15) is 0 Å². The maximum atomic E-state index is 13.8. The standard InChI is InChI=1S/C29H25N5O3/c35-28(36)22-12-15-30-23(17-22)18-32-16-13-25(19-32)34-27-26(7-4-14-31-27)33(29(34)37)24-10-8-21(9-11-24)20-5-2-1-3-6-20/h1-12,14-15,17,25H,13,16,18-19H2,(H,35,36)/t25-/m0/s1. The molecule has 0 bridgehead atoms. The van der Waals surface area contributed by atoms with Gasteiger partial charge in [0.05, 0.1) is 28.5 Å². The average molecular weight is 492 g/mol. The van der Waals surface area contributed by atoms with Crippen molar-refractivity contribution in [3.63, 3.8) is 0 Å². The van der Waals surface area contributed by atoms with E-state index < -0.39 is 5.97 Å². The molecule has 0 aliphatic carbocycles. The van der Waals surface area contributed by atoms with Crippen LogP contribution in [0.5, 0.6) is 0 Å². The fourth-order valence-electron chi connectivity index (χ4n) is 5.16. The van der Waals surface area contributed by atoms with Gasteiger partial charge >= 0.3 is 11.7 Å². The van der Waals surface area contributed by atoms with Crippen LogP contribution in [0.25, 0.3) is 28.0 Å². The maximum absolute atomic E-state index is 13.8.